The molecule has 0 amide bonds. The lowest BCUT2D eigenvalue weighted by Gasteiger charge is -2.04. The molecule has 2 aromatic heterocycles. The molecule has 0 aliphatic carbocycles. The summed E-state index contributed by atoms with van der Waals surface area (Å²) < 4.78 is 1.95. The summed E-state index contributed by atoms with van der Waals surface area (Å²) in [5.74, 6) is 0.467. The Bertz CT molecular complexity index is 483. The van der Waals surface area contributed by atoms with Crippen LogP contribution in [0.25, 0.3) is 10.9 Å². The van der Waals surface area contributed by atoms with Crippen molar-refractivity contribution in [3.05, 3.63) is 23.7 Å². The zero-order valence-electron chi connectivity index (χ0n) is 9.78. The zero-order valence-corrected chi connectivity index (χ0v) is 9.78. The summed E-state index contributed by atoms with van der Waals surface area (Å²) in [4.78, 5) is 4.47. The molecule has 80 valence electrons. The van der Waals surface area contributed by atoms with Crippen LogP contribution in [0, 0.1) is 0 Å². The predicted molar refractivity (Wildman–Crippen MR) is 62.0 cm³/mol. The molecule has 0 aromatic carbocycles. The molecular weight excluding hydrogens is 186 g/mol. The highest BCUT2D eigenvalue weighted by Crippen LogP contribution is 2.21. The Balaban J connectivity index is 2.66. The highest BCUT2D eigenvalue weighted by atomic mass is 15.3. The lowest BCUT2D eigenvalue weighted by molar-refractivity contribution is 0.767. The molecule has 0 bridgehead atoms. The molecule has 0 unspecified atom stereocenters. The van der Waals surface area contributed by atoms with Gasteiger partial charge in [0.05, 0.1) is 11.2 Å². The summed E-state index contributed by atoms with van der Waals surface area (Å²) in [6.45, 7) is 6.44. The maximum absolute atomic E-state index is 4.49. The van der Waals surface area contributed by atoms with Crippen LogP contribution < -0.4 is 0 Å². The Kier molecular flexibility index (Phi) is 2.47. The monoisotopic (exact) mass is 203 g/mol. The Morgan fingerprint density at radius 1 is 1.40 bits per heavy atom. The van der Waals surface area contributed by atoms with E-state index in [9.17, 15) is 0 Å². The molecule has 0 saturated carbocycles. The van der Waals surface area contributed by atoms with Crippen LogP contribution in [-0.4, -0.2) is 14.8 Å². The Hall–Kier alpha value is -1.38. The van der Waals surface area contributed by atoms with Gasteiger partial charge < -0.3 is 0 Å². The van der Waals surface area contributed by atoms with E-state index in [1.807, 2.05) is 17.9 Å². The third kappa shape index (κ3) is 1.62. The van der Waals surface area contributed by atoms with Gasteiger partial charge in [0.1, 0.15) is 0 Å². The summed E-state index contributed by atoms with van der Waals surface area (Å²) in [5.41, 5.74) is 3.45. The van der Waals surface area contributed by atoms with Crippen LogP contribution in [0.5, 0.6) is 0 Å². The summed E-state index contributed by atoms with van der Waals surface area (Å²) in [6, 6.07) is 2.14. The maximum Gasteiger partial charge on any atom is 0.0716 e. The number of fused-ring (bicyclic) bond motifs is 1. The van der Waals surface area contributed by atoms with E-state index in [4.69, 9.17) is 0 Å². The number of aryl methyl sites for hydroxylation is 2. The fourth-order valence-corrected chi connectivity index (χ4v) is 1.82. The number of hydrogen-bond donors (Lipinski definition) is 0. The van der Waals surface area contributed by atoms with E-state index in [-0.39, 0.29) is 0 Å². The van der Waals surface area contributed by atoms with Crippen LogP contribution >= 0.6 is 0 Å². The number of hydrogen-bond acceptors (Lipinski definition) is 2. The van der Waals surface area contributed by atoms with Gasteiger partial charge in [-0.2, -0.15) is 5.10 Å². The van der Waals surface area contributed by atoms with Crippen molar-refractivity contribution in [2.24, 2.45) is 7.05 Å². The van der Waals surface area contributed by atoms with Gasteiger partial charge in [0.25, 0.3) is 0 Å². The smallest absolute Gasteiger partial charge is 0.0716 e. The van der Waals surface area contributed by atoms with E-state index >= 15 is 0 Å². The van der Waals surface area contributed by atoms with Crippen molar-refractivity contribution in [3.8, 4) is 0 Å². The first kappa shape index (κ1) is 10.1. The third-order valence-electron chi connectivity index (χ3n) is 2.76. The van der Waals surface area contributed by atoms with Gasteiger partial charge in [0.2, 0.25) is 0 Å². The van der Waals surface area contributed by atoms with Gasteiger partial charge in [-0.1, -0.05) is 20.8 Å². The fourth-order valence-electron chi connectivity index (χ4n) is 1.82. The molecule has 0 saturated heterocycles. The molecule has 0 aliphatic rings. The fraction of sp³-hybridized carbons (Fsp3) is 0.500. The SMILES string of the molecule is CCc1nn(C)c2cc(C(C)C)ncc12. The van der Waals surface area contributed by atoms with Crippen LogP contribution in [-0.2, 0) is 13.5 Å². The first-order valence-electron chi connectivity index (χ1n) is 5.45. The van der Waals surface area contributed by atoms with E-state index in [0.717, 1.165) is 17.8 Å². The Labute approximate surface area is 90.1 Å². The Morgan fingerprint density at radius 2 is 2.13 bits per heavy atom. The number of rotatable bonds is 2. The van der Waals surface area contributed by atoms with Crippen molar-refractivity contribution >= 4 is 10.9 Å². The summed E-state index contributed by atoms with van der Waals surface area (Å²) in [5, 5.41) is 5.67. The average Bonchev–Trinajstić information content (AvgIpc) is 2.55. The number of pyridine rings is 1. The third-order valence-corrected chi connectivity index (χ3v) is 2.76. The van der Waals surface area contributed by atoms with Crippen molar-refractivity contribution in [2.75, 3.05) is 0 Å². The van der Waals surface area contributed by atoms with Crippen LogP contribution in [0.1, 0.15) is 38.1 Å². The molecule has 2 rings (SSSR count). The van der Waals surface area contributed by atoms with Crippen LogP contribution in [0.2, 0.25) is 0 Å². The van der Waals surface area contributed by atoms with Gasteiger partial charge in [-0.15, -0.1) is 0 Å². The molecule has 0 radical (unpaired) electrons. The minimum absolute atomic E-state index is 0.467. The van der Waals surface area contributed by atoms with Crippen molar-refractivity contribution in [2.45, 2.75) is 33.1 Å². The van der Waals surface area contributed by atoms with Gasteiger partial charge in [0.15, 0.2) is 0 Å². The molecule has 15 heavy (non-hydrogen) atoms. The van der Waals surface area contributed by atoms with Crippen molar-refractivity contribution in [3.63, 3.8) is 0 Å². The zero-order chi connectivity index (χ0) is 11.0. The predicted octanol–water partition coefficient (Wildman–Crippen LogP) is 2.65. The minimum Gasteiger partial charge on any atom is -0.268 e. The molecule has 2 heterocycles. The topological polar surface area (TPSA) is 30.7 Å². The highest BCUT2D eigenvalue weighted by Gasteiger charge is 2.09. The van der Waals surface area contributed by atoms with E-state index in [0.29, 0.717) is 5.92 Å². The molecule has 3 heteroatoms. The van der Waals surface area contributed by atoms with E-state index in [1.54, 1.807) is 0 Å². The molecule has 3 nitrogen and oxygen atoms in total. The van der Waals surface area contributed by atoms with Crippen LogP contribution in [0.15, 0.2) is 12.3 Å². The van der Waals surface area contributed by atoms with E-state index < -0.39 is 0 Å². The lowest BCUT2D eigenvalue weighted by atomic mass is 10.1. The number of nitrogens with zero attached hydrogens (tertiary/aromatic N) is 3. The first-order chi connectivity index (χ1) is 7.13. The van der Waals surface area contributed by atoms with Gasteiger partial charge in [-0.25, -0.2) is 0 Å². The molecule has 0 atom stereocenters. The largest absolute Gasteiger partial charge is 0.268 e. The van der Waals surface area contributed by atoms with Gasteiger partial charge in [-0.05, 0) is 18.4 Å². The summed E-state index contributed by atoms with van der Waals surface area (Å²) in [6.07, 6.45) is 2.91. The standard InChI is InChI=1S/C12H17N3/c1-5-10-9-7-13-11(8(2)3)6-12(9)15(4)14-10/h6-8H,5H2,1-4H3. The van der Waals surface area contributed by atoms with Crippen molar-refractivity contribution in [1.29, 1.82) is 0 Å². The molecule has 0 N–H and O–H groups in total. The molecule has 0 fully saturated rings. The lowest BCUT2D eigenvalue weighted by Crippen LogP contribution is -1.94. The van der Waals surface area contributed by atoms with Crippen LogP contribution in [0.4, 0.5) is 0 Å². The molecule has 0 spiro atoms. The molecular formula is C12H17N3. The quantitative estimate of drug-likeness (QED) is 0.751. The van der Waals surface area contributed by atoms with Gasteiger partial charge in [0, 0.05) is 24.3 Å². The highest BCUT2D eigenvalue weighted by molar-refractivity contribution is 5.81. The number of aromatic nitrogens is 3. The van der Waals surface area contributed by atoms with E-state index in [2.05, 4.69) is 36.9 Å². The maximum atomic E-state index is 4.49. The van der Waals surface area contributed by atoms with Gasteiger partial charge in [-0.3, -0.25) is 9.67 Å². The van der Waals surface area contributed by atoms with Gasteiger partial charge >= 0.3 is 0 Å². The van der Waals surface area contributed by atoms with Crippen molar-refractivity contribution < 1.29 is 0 Å². The van der Waals surface area contributed by atoms with E-state index in [1.165, 1.54) is 10.9 Å². The van der Waals surface area contributed by atoms with Crippen molar-refractivity contribution in [1.82, 2.24) is 14.8 Å². The second-order valence-electron chi connectivity index (χ2n) is 4.20. The summed E-state index contributed by atoms with van der Waals surface area (Å²) >= 11 is 0. The van der Waals surface area contributed by atoms with Crippen LogP contribution in [0.3, 0.4) is 0 Å². The average molecular weight is 203 g/mol. The second kappa shape index (κ2) is 3.65. The Morgan fingerprint density at radius 3 is 2.73 bits per heavy atom. The normalized spacial score (nSPS) is 11.5. The molecule has 2 aromatic rings. The molecule has 0 aliphatic heterocycles. The minimum atomic E-state index is 0.467. The summed E-state index contributed by atoms with van der Waals surface area (Å²) in [7, 11) is 1.99. The first-order valence-corrected chi connectivity index (χ1v) is 5.45. The second-order valence-corrected chi connectivity index (χ2v) is 4.20.